The van der Waals surface area contributed by atoms with Gasteiger partial charge in [-0.3, -0.25) is 4.79 Å². The maximum absolute atomic E-state index is 15.9. The minimum atomic E-state index is -0.505. The molecule has 0 bridgehead atoms. The lowest BCUT2D eigenvalue weighted by Gasteiger charge is -2.41. The van der Waals surface area contributed by atoms with Crippen molar-refractivity contribution in [2.45, 2.75) is 19.4 Å². The fourth-order valence-electron chi connectivity index (χ4n) is 4.76. The first-order valence-electron chi connectivity index (χ1n) is 11.1. The number of carbonyl (C=O) groups excluding carboxylic acids is 1. The molecule has 5 nitrogen and oxygen atoms in total. The van der Waals surface area contributed by atoms with Crippen molar-refractivity contribution in [1.82, 2.24) is 9.27 Å². The highest BCUT2D eigenvalue weighted by Crippen LogP contribution is 2.44. The van der Waals surface area contributed by atoms with Crippen molar-refractivity contribution >= 4 is 55.7 Å². The van der Waals surface area contributed by atoms with Gasteiger partial charge in [0.25, 0.3) is 0 Å². The highest BCUT2D eigenvalue weighted by atomic mass is 35.5. The second-order valence-electron chi connectivity index (χ2n) is 8.39. The molecule has 1 saturated heterocycles. The third kappa shape index (κ3) is 3.69. The van der Waals surface area contributed by atoms with Crippen molar-refractivity contribution in [1.29, 1.82) is 0 Å². The average molecular weight is 496 g/mol. The van der Waals surface area contributed by atoms with Crippen LogP contribution in [0.4, 0.5) is 9.39 Å². The van der Waals surface area contributed by atoms with Gasteiger partial charge in [0, 0.05) is 36.6 Å². The number of benzene rings is 3. The standard InChI is InChI=1S/C26H23ClFN3O2S/c1-3-16-14-30(22(33)4-2)9-10-31(16)26-20-13-21(27)23(24(28)25(20)29-34-26)19-12-17(32)11-15-7-5-6-8-18(15)19/h4-8,11-13,16,32H,2-3,9-10,14H2,1H3/t16-/m0/s1. The number of aromatic nitrogens is 1. The summed E-state index contributed by atoms with van der Waals surface area (Å²) in [5, 5.41) is 13.6. The van der Waals surface area contributed by atoms with Crippen molar-refractivity contribution in [2.24, 2.45) is 0 Å². The van der Waals surface area contributed by atoms with Gasteiger partial charge in [0.1, 0.15) is 16.3 Å². The molecule has 3 aromatic carbocycles. The van der Waals surface area contributed by atoms with Crippen LogP contribution in [0.15, 0.2) is 55.1 Å². The summed E-state index contributed by atoms with van der Waals surface area (Å²) in [5.74, 6) is -0.542. The smallest absolute Gasteiger partial charge is 0.246 e. The number of carbonyl (C=O) groups is 1. The number of amides is 1. The van der Waals surface area contributed by atoms with Crippen LogP contribution in [0.25, 0.3) is 32.8 Å². The predicted octanol–water partition coefficient (Wildman–Crippen LogP) is 6.23. The summed E-state index contributed by atoms with van der Waals surface area (Å²) in [6.45, 7) is 7.41. The number of anilines is 1. The predicted molar refractivity (Wildman–Crippen MR) is 137 cm³/mol. The zero-order chi connectivity index (χ0) is 24.0. The number of phenols is 1. The van der Waals surface area contributed by atoms with Gasteiger partial charge in [-0.15, -0.1) is 0 Å². The lowest BCUT2D eigenvalue weighted by atomic mass is 9.96. The average Bonchev–Trinajstić information content (AvgIpc) is 3.26. The van der Waals surface area contributed by atoms with Gasteiger partial charge < -0.3 is 14.9 Å². The summed E-state index contributed by atoms with van der Waals surface area (Å²) < 4.78 is 20.4. The van der Waals surface area contributed by atoms with Gasteiger partial charge in [0.15, 0.2) is 5.82 Å². The minimum absolute atomic E-state index is 0.0426. The maximum Gasteiger partial charge on any atom is 0.246 e. The number of phenolic OH excluding ortho intramolecular Hbond substituents is 1. The maximum atomic E-state index is 15.9. The number of aromatic hydroxyl groups is 1. The summed E-state index contributed by atoms with van der Waals surface area (Å²) >= 11 is 7.93. The molecule has 0 spiro atoms. The number of rotatable bonds is 4. The Bertz CT molecular complexity index is 1440. The Kier molecular flexibility index (Phi) is 5.91. The van der Waals surface area contributed by atoms with Crippen LogP contribution >= 0.6 is 23.1 Å². The highest BCUT2D eigenvalue weighted by molar-refractivity contribution is 7.11. The fourth-order valence-corrected chi connectivity index (χ4v) is 6.01. The summed E-state index contributed by atoms with van der Waals surface area (Å²) in [6, 6.07) is 12.5. The Morgan fingerprint density at radius 1 is 1.29 bits per heavy atom. The zero-order valence-corrected chi connectivity index (χ0v) is 20.2. The van der Waals surface area contributed by atoms with Crippen molar-refractivity contribution in [3.8, 4) is 16.9 Å². The molecule has 5 rings (SSSR count). The molecule has 2 heterocycles. The molecule has 1 N–H and O–H groups in total. The third-order valence-electron chi connectivity index (χ3n) is 6.46. The molecule has 0 aliphatic carbocycles. The molecule has 8 heteroatoms. The van der Waals surface area contributed by atoms with Crippen LogP contribution in [0.5, 0.6) is 5.75 Å². The van der Waals surface area contributed by atoms with Crippen LogP contribution in [0.3, 0.4) is 0 Å². The van der Waals surface area contributed by atoms with E-state index in [0.29, 0.717) is 30.6 Å². The van der Waals surface area contributed by atoms with Gasteiger partial charge in [0.05, 0.1) is 5.02 Å². The van der Waals surface area contributed by atoms with E-state index in [2.05, 4.69) is 22.8 Å². The first kappa shape index (κ1) is 22.6. The molecule has 0 unspecified atom stereocenters. The quantitative estimate of drug-likeness (QED) is 0.341. The van der Waals surface area contributed by atoms with E-state index in [9.17, 15) is 9.90 Å². The van der Waals surface area contributed by atoms with Gasteiger partial charge in [0.2, 0.25) is 5.91 Å². The Hall–Kier alpha value is -3.16. The first-order valence-corrected chi connectivity index (χ1v) is 12.3. The molecule has 0 radical (unpaired) electrons. The molecule has 1 amide bonds. The van der Waals surface area contributed by atoms with E-state index < -0.39 is 5.82 Å². The molecule has 4 aromatic rings. The number of nitrogens with zero attached hydrogens (tertiary/aromatic N) is 3. The van der Waals surface area contributed by atoms with Gasteiger partial charge in [-0.05, 0) is 58.6 Å². The molecule has 1 aliphatic rings. The molecule has 0 saturated carbocycles. The van der Waals surface area contributed by atoms with E-state index in [1.165, 1.54) is 23.7 Å². The first-order chi connectivity index (χ1) is 16.4. The lowest BCUT2D eigenvalue weighted by molar-refractivity contribution is -0.126. The number of piperazine rings is 1. The Morgan fingerprint density at radius 3 is 2.85 bits per heavy atom. The number of hydrogen-bond acceptors (Lipinski definition) is 5. The van der Waals surface area contributed by atoms with E-state index in [-0.39, 0.29) is 33.8 Å². The summed E-state index contributed by atoms with van der Waals surface area (Å²) in [5.41, 5.74) is 1.01. The summed E-state index contributed by atoms with van der Waals surface area (Å²) in [4.78, 5) is 16.1. The SMILES string of the molecule is C=CC(=O)N1CCN(c2snc3c(F)c(-c4cc(O)cc5ccccc45)c(Cl)cc23)[C@@H](CC)C1. The van der Waals surface area contributed by atoms with E-state index >= 15 is 4.39 Å². The minimum Gasteiger partial charge on any atom is -0.508 e. The monoisotopic (exact) mass is 495 g/mol. The largest absolute Gasteiger partial charge is 0.508 e. The summed E-state index contributed by atoms with van der Waals surface area (Å²) in [6.07, 6.45) is 2.16. The van der Waals surface area contributed by atoms with Crippen LogP contribution in [0, 0.1) is 5.82 Å². The van der Waals surface area contributed by atoms with Crippen molar-refractivity contribution in [3.63, 3.8) is 0 Å². The van der Waals surface area contributed by atoms with Crippen molar-refractivity contribution in [2.75, 3.05) is 24.5 Å². The number of hydrogen-bond donors (Lipinski definition) is 1. The molecule has 1 atom stereocenters. The van der Waals surface area contributed by atoms with Gasteiger partial charge in [-0.1, -0.05) is 49.4 Å². The second kappa shape index (κ2) is 8.89. The molecule has 174 valence electrons. The van der Waals surface area contributed by atoms with E-state index in [0.717, 1.165) is 22.2 Å². The van der Waals surface area contributed by atoms with Gasteiger partial charge in [-0.2, -0.15) is 4.37 Å². The number of fused-ring (bicyclic) bond motifs is 2. The van der Waals surface area contributed by atoms with Crippen LogP contribution in [-0.2, 0) is 4.79 Å². The highest BCUT2D eigenvalue weighted by Gasteiger charge is 2.31. The Labute approximate surface area is 205 Å². The molecular weight excluding hydrogens is 473 g/mol. The molecular formula is C26H23ClFN3O2S. The van der Waals surface area contributed by atoms with Crippen LogP contribution < -0.4 is 4.90 Å². The van der Waals surface area contributed by atoms with Gasteiger partial charge >= 0.3 is 0 Å². The molecule has 34 heavy (non-hydrogen) atoms. The normalized spacial score (nSPS) is 16.4. The van der Waals surface area contributed by atoms with E-state index in [4.69, 9.17) is 11.6 Å². The Balaban J connectivity index is 1.61. The van der Waals surface area contributed by atoms with E-state index in [1.54, 1.807) is 17.0 Å². The third-order valence-corrected chi connectivity index (χ3v) is 7.66. The number of halogens is 2. The summed E-state index contributed by atoms with van der Waals surface area (Å²) in [7, 11) is 0. The van der Waals surface area contributed by atoms with Crippen molar-refractivity contribution < 1.29 is 14.3 Å². The fraction of sp³-hybridized carbons (Fsp3) is 0.231. The zero-order valence-electron chi connectivity index (χ0n) is 18.6. The molecule has 1 aromatic heterocycles. The van der Waals surface area contributed by atoms with Crippen molar-refractivity contribution in [3.05, 3.63) is 66.0 Å². The van der Waals surface area contributed by atoms with Crippen LogP contribution in [0.2, 0.25) is 5.02 Å². The van der Waals surface area contributed by atoms with Crippen LogP contribution in [0.1, 0.15) is 13.3 Å². The van der Waals surface area contributed by atoms with Gasteiger partial charge in [-0.25, -0.2) is 4.39 Å². The lowest BCUT2D eigenvalue weighted by Crippen LogP contribution is -2.54. The Morgan fingerprint density at radius 2 is 2.09 bits per heavy atom. The molecule has 1 aliphatic heterocycles. The topological polar surface area (TPSA) is 56.7 Å². The molecule has 1 fully saturated rings. The van der Waals surface area contributed by atoms with E-state index in [1.807, 2.05) is 24.3 Å². The second-order valence-corrected chi connectivity index (χ2v) is 9.55. The van der Waals surface area contributed by atoms with Crippen LogP contribution in [-0.4, -0.2) is 46.0 Å².